The molecule has 2 saturated heterocycles. The SMILES string of the molecule is CC(C)(C)OC(=O)CCCN1CCC[C@]2(CCCCO2)[C@H]1C#N. The van der Waals surface area contributed by atoms with Gasteiger partial charge < -0.3 is 9.47 Å². The number of likely N-dealkylation sites (tertiary alicyclic amines) is 1. The van der Waals surface area contributed by atoms with Gasteiger partial charge in [-0.1, -0.05) is 0 Å². The van der Waals surface area contributed by atoms with E-state index in [1.165, 1.54) is 0 Å². The second kappa shape index (κ2) is 7.63. The van der Waals surface area contributed by atoms with E-state index < -0.39 is 5.60 Å². The van der Waals surface area contributed by atoms with Crippen LogP contribution in [0.1, 0.15) is 65.7 Å². The van der Waals surface area contributed by atoms with Gasteiger partial charge in [0.05, 0.1) is 11.7 Å². The van der Waals surface area contributed by atoms with Crippen molar-refractivity contribution in [3.63, 3.8) is 0 Å². The number of carbonyl (C=O) groups excluding carboxylic acids is 1. The minimum Gasteiger partial charge on any atom is -0.460 e. The lowest BCUT2D eigenvalue weighted by molar-refractivity contribution is -0.155. The molecule has 130 valence electrons. The van der Waals surface area contributed by atoms with E-state index in [4.69, 9.17) is 9.47 Å². The van der Waals surface area contributed by atoms with Gasteiger partial charge in [0.15, 0.2) is 0 Å². The Labute approximate surface area is 139 Å². The Kier molecular flexibility index (Phi) is 6.05. The second-order valence-corrected chi connectivity index (χ2v) is 7.73. The summed E-state index contributed by atoms with van der Waals surface area (Å²) in [5, 5.41) is 9.68. The van der Waals surface area contributed by atoms with Crippen LogP contribution in [0.5, 0.6) is 0 Å². The van der Waals surface area contributed by atoms with Crippen molar-refractivity contribution in [2.24, 2.45) is 0 Å². The highest BCUT2D eigenvalue weighted by molar-refractivity contribution is 5.69. The van der Waals surface area contributed by atoms with E-state index in [-0.39, 0.29) is 17.6 Å². The lowest BCUT2D eigenvalue weighted by Crippen LogP contribution is -2.58. The molecule has 0 radical (unpaired) electrons. The summed E-state index contributed by atoms with van der Waals surface area (Å²) in [4.78, 5) is 14.0. The van der Waals surface area contributed by atoms with Crippen LogP contribution in [0, 0.1) is 11.3 Å². The molecule has 5 heteroatoms. The van der Waals surface area contributed by atoms with Gasteiger partial charge in [0.25, 0.3) is 0 Å². The minimum absolute atomic E-state index is 0.161. The van der Waals surface area contributed by atoms with E-state index in [0.29, 0.717) is 6.42 Å². The number of hydrogen-bond acceptors (Lipinski definition) is 5. The second-order valence-electron chi connectivity index (χ2n) is 7.73. The molecule has 2 aliphatic rings. The quantitative estimate of drug-likeness (QED) is 0.744. The molecule has 2 heterocycles. The van der Waals surface area contributed by atoms with E-state index in [0.717, 1.165) is 58.2 Å². The predicted octanol–water partition coefficient (Wildman–Crippen LogP) is 3.04. The maximum atomic E-state index is 11.8. The Bertz CT molecular complexity index is 439. The summed E-state index contributed by atoms with van der Waals surface area (Å²) in [5.74, 6) is -0.161. The van der Waals surface area contributed by atoms with Crippen molar-refractivity contribution in [2.45, 2.75) is 83.0 Å². The van der Waals surface area contributed by atoms with Gasteiger partial charge in [-0.2, -0.15) is 5.26 Å². The normalized spacial score (nSPS) is 29.2. The van der Waals surface area contributed by atoms with Crippen LogP contribution in [-0.4, -0.2) is 47.8 Å². The van der Waals surface area contributed by atoms with Crippen molar-refractivity contribution >= 4 is 5.97 Å². The monoisotopic (exact) mass is 322 g/mol. The average molecular weight is 322 g/mol. The number of carbonyl (C=O) groups is 1. The Morgan fingerprint density at radius 1 is 1.35 bits per heavy atom. The number of nitrogens with zero attached hydrogens (tertiary/aromatic N) is 2. The first-order chi connectivity index (χ1) is 10.9. The molecule has 23 heavy (non-hydrogen) atoms. The predicted molar refractivity (Wildman–Crippen MR) is 87.8 cm³/mol. The van der Waals surface area contributed by atoms with Crippen LogP contribution in [0.3, 0.4) is 0 Å². The lowest BCUT2D eigenvalue weighted by Gasteiger charge is -2.48. The highest BCUT2D eigenvalue weighted by Crippen LogP contribution is 2.38. The van der Waals surface area contributed by atoms with Crippen LogP contribution in [0.2, 0.25) is 0 Å². The zero-order valence-electron chi connectivity index (χ0n) is 14.8. The summed E-state index contributed by atoms with van der Waals surface area (Å²) in [6.07, 6.45) is 6.39. The standard InChI is InChI=1S/C18H30N2O3/c1-17(2,3)23-16(21)8-6-11-20-12-7-10-18(15(20)14-19)9-4-5-13-22-18/h15H,4-13H2,1-3H3/t15-,18-/m1/s1. The van der Waals surface area contributed by atoms with Crippen LogP contribution in [0.4, 0.5) is 0 Å². The molecular formula is C18H30N2O3. The third-order valence-corrected chi connectivity index (χ3v) is 4.66. The van der Waals surface area contributed by atoms with Crippen LogP contribution >= 0.6 is 0 Å². The van der Waals surface area contributed by atoms with Crippen molar-refractivity contribution < 1.29 is 14.3 Å². The van der Waals surface area contributed by atoms with Crippen LogP contribution in [-0.2, 0) is 14.3 Å². The van der Waals surface area contributed by atoms with E-state index in [9.17, 15) is 10.1 Å². The Hall–Kier alpha value is -1.12. The topological polar surface area (TPSA) is 62.6 Å². The van der Waals surface area contributed by atoms with Crippen LogP contribution in [0.25, 0.3) is 0 Å². The van der Waals surface area contributed by atoms with Gasteiger partial charge in [-0.25, -0.2) is 0 Å². The summed E-state index contributed by atoms with van der Waals surface area (Å²) < 4.78 is 11.4. The molecule has 1 spiro atoms. The molecule has 0 amide bonds. The number of piperidine rings is 1. The van der Waals surface area contributed by atoms with E-state index in [1.54, 1.807) is 0 Å². The van der Waals surface area contributed by atoms with Crippen molar-refractivity contribution in [3.05, 3.63) is 0 Å². The fourth-order valence-corrected chi connectivity index (χ4v) is 3.73. The maximum Gasteiger partial charge on any atom is 0.306 e. The maximum absolute atomic E-state index is 11.8. The Morgan fingerprint density at radius 2 is 2.09 bits per heavy atom. The van der Waals surface area contributed by atoms with Crippen LogP contribution in [0.15, 0.2) is 0 Å². The minimum atomic E-state index is -0.433. The molecule has 0 bridgehead atoms. The summed E-state index contributed by atoms with van der Waals surface area (Å²) >= 11 is 0. The molecular weight excluding hydrogens is 292 g/mol. The number of rotatable bonds is 4. The zero-order valence-corrected chi connectivity index (χ0v) is 14.8. The summed E-state index contributed by atoms with van der Waals surface area (Å²) in [6.45, 7) is 8.08. The summed E-state index contributed by atoms with van der Waals surface area (Å²) in [7, 11) is 0. The fraction of sp³-hybridized carbons (Fsp3) is 0.889. The first-order valence-electron chi connectivity index (χ1n) is 8.86. The molecule has 0 aromatic carbocycles. The average Bonchev–Trinajstić information content (AvgIpc) is 2.46. The van der Waals surface area contributed by atoms with Gasteiger partial charge in [0.2, 0.25) is 0 Å². The highest BCUT2D eigenvalue weighted by Gasteiger charge is 2.46. The highest BCUT2D eigenvalue weighted by atomic mass is 16.6. The number of nitriles is 1. The van der Waals surface area contributed by atoms with Gasteiger partial charge in [-0.05, 0) is 65.8 Å². The van der Waals surface area contributed by atoms with Crippen molar-refractivity contribution in [1.82, 2.24) is 4.90 Å². The number of ether oxygens (including phenoxy) is 2. The third kappa shape index (κ3) is 4.92. The first-order valence-corrected chi connectivity index (χ1v) is 8.86. The molecule has 0 aliphatic carbocycles. The molecule has 0 aromatic rings. The van der Waals surface area contributed by atoms with Crippen molar-refractivity contribution in [1.29, 1.82) is 5.26 Å². The Morgan fingerprint density at radius 3 is 2.70 bits per heavy atom. The van der Waals surface area contributed by atoms with E-state index >= 15 is 0 Å². The fourth-order valence-electron chi connectivity index (χ4n) is 3.73. The molecule has 2 fully saturated rings. The summed E-state index contributed by atoms with van der Waals surface area (Å²) in [5.41, 5.74) is -0.714. The lowest BCUT2D eigenvalue weighted by atomic mass is 9.79. The van der Waals surface area contributed by atoms with E-state index in [1.807, 2.05) is 20.8 Å². The summed E-state index contributed by atoms with van der Waals surface area (Å²) in [6, 6.07) is 2.29. The van der Waals surface area contributed by atoms with Gasteiger partial charge in [-0.15, -0.1) is 0 Å². The molecule has 0 N–H and O–H groups in total. The molecule has 2 atom stereocenters. The largest absolute Gasteiger partial charge is 0.460 e. The third-order valence-electron chi connectivity index (χ3n) is 4.66. The van der Waals surface area contributed by atoms with E-state index in [2.05, 4.69) is 11.0 Å². The number of esters is 1. The molecule has 2 aliphatic heterocycles. The first kappa shape index (κ1) is 18.2. The zero-order chi connectivity index (χ0) is 16.9. The molecule has 0 saturated carbocycles. The molecule has 0 unspecified atom stereocenters. The van der Waals surface area contributed by atoms with Crippen LogP contribution < -0.4 is 0 Å². The van der Waals surface area contributed by atoms with Gasteiger partial charge in [-0.3, -0.25) is 9.69 Å². The molecule has 0 aromatic heterocycles. The Balaban J connectivity index is 1.86. The molecule has 5 nitrogen and oxygen atoms in total. The van der Waals surface area contributed by atoms with Gasteiger partial charge >= 0.3 is 5.97 Å². The van der Waals surface area contributed by atoms with Crippen molar-refractivity contribution in [2.75, 3.05) is 19.7 Å². The van der Waals surface area contributed by atoms with Gasteiger partial charge in [0, 0.05) is 19.6 Å². The molecule has 2 rings (SSSR count). The smallest absolute Gasteiger partial charge is 0.306 e. The van der Waals surface area contributed by atoms with Gasteiger partial charge in [0.1, 0.15) is 11.6 Å². The van der Waals surface area contributed by atoms with Crippen molar-refractivity contribution in [3.8, 4) is 6.07 Å². The number of hydrogen-bond donors (Lipinski definition) is 0.